The summed E-state index contributed by atoms with van der Waals surface area (Å²) in [7, 11) is 0. The molecule has 1 aromatic carbocycles. The van der Waals surface area contributed by atoms with Crippen LogP contribution in [0.1, 0.15) is 49.7 Å². The fourth-order valence-electron chi connectivity index (χ4n) is 2.78. The van der Waals surface area contributed by atoms with E-state index >= 15 is 0 Å². The van der Waals surface area contributed by atoms with E-state index in [9.17, 15) is 9.59 Å². The minimum Gasteiger partial charge on any atom is -0.493 e. The van der Waals surface area contributed by atoms with Crippen LogP contribution in [0.25, 0.3) is 0 Å². The molecule has 0 spiro atoms. The first-order valence-corrected chi connectivity index (χ1v) is 8.83. The minimum atomic E-state index is -0.369. The van der Waals surface area contributed by atoms with Crippen LogP contribution in [0.3, 0.4) is 0 Å². The summed E-state index contributed by atoms with van der Waals surface area (Å²) in [5, 5.41) is 5.67. The van der Waals surface area contributed by atoms with E-state index in [2.05, 4.69) is 22.8 Å². The summed E-state index contributed by atoms with van der Waals surface area (Å²) in [5.41, 5.74) is 2.30. The standard InChI is InChI=1S/C19H28N2O3/c1-14-9-10-15(2)17(13-14)24-12-6-4-8-18(22)21-16-7-3-5-11-20-19(16)23/h9-10,13,16H,3-8,11-12H2,1-2H3,(H,20,23)(H,21,22)/t16-/m0/s1. The monoisotopic (exact) mass is 332 g/mol. The molecule has 1 fully saturated rings. The van der Waals surface area contributed by atoms with E-state index in [0.717, 1.165) is 43.4 Å². The van der Waals surface area contributed by atoms with Gasteiger partial charge in [0.2, 0.25) is 11.8 Å². The van der Waals surface area contributed by atoms with Crippen molar-refractivity contribution < 1.29 is 14.3 Å². The van der Waals surface area contributed by atoms with E-state index in [1.165, 1.54) is 5.56 Å². The number of unbranched alkanes of at least 4 members (excludes halogenated alkanes) is 1. The lowest BCUT2D eigenvalue weighted by atomic mass is 10.1. The number of nitrogens with one attached hydrogen (secondary N) is 2. The van der Waals surface area contributed by atoms with E-state index in [1.807, 2.05) is 19.9 Å². The summed E-state index contributed by atoms with van der Waals surface area (Å²) in [6.45, 7) is 5.38. The molecule has 1 heterocycles. The molecule has 0 bridgehead atoms. The second-order valence-corrected chi connectivity index (χ2v) is 6.48. The van der Waals surface area contributed by atoms with Crippen LogP contribution in [0, 0.1) is 13.8 Å². The van der Waals surface area contributed by atoms with Crippen LogP contribution in [0.15, 0.2) is 18.2 Å². The van der Waals surface area contributed by atoms with Gasteiger partial charge in [0.25, 0.3) is 0 Å². The van der Waals surface area contributed by atoms with Gasteiger partial charge in [-0.1, -0.05) is 12.1 Å². The zero-order chi connectivity index (χ0) is 17.4. The van der Waals surface area contributed by atoms with Crippen LogP contribution in [0.2, 0.25) is 0 Å². The number of carbonyl (C=O) groups excluding carboxylic acids is 2. The molecule has 5 nitrogen and oxygen atoms in total. The van der Waals surface area contributed by atoms with Gasteiger partial charge in [0.15, 0.2) is 0 Å². The van der Waals surface area contributed by atoms with Crippen molar-refractivity contribution in [1.29, 1.82) is 0 Å². The minimum absolute atomic E-state index is 0.0520. The quantitative estimate of drug-likeness (QED) is 0.754. The highest BCUT2D eigenvalue weighted by atomic mass is 16.5. The van der Waals surface area contributed by atoms with Gasteiger partial charge in [-0.15, -0.1) is 0 Å². The van der Waals surface area contributed by atoms with Crippen LogP contribution < -0.4 is 15.4 Å². The van der Waals surface area contributed by atoms with Crippen LogP contribution in [-0.4, -0.2) is 31.0 Å². The average Bonchev–Trinajstić information content (AvgIpc) is 2.75. The lowest BCUT2D eigenvalue weighted by Gasteiger charge is -2.15. The molecule has 1 aromatic rings. The Kier molecular flexibility index (Phi) is 7.09. The molecule has 132 valence electrons. The Bertz CT molecular complexity index is 572. The van der Waals surface area contributed by atoms with Crippen molar-refractivity contribution in [3.63, 3.8) is 0 Å². The number of aryl methyl sites for hydroxylation is 2. The summed E-state index contributed by atoms with van der Waals surface area (Å²) in [6, 6.07) is 5.78. The maximum atomic E-state index is 12.0. The predicted octanol–water partition coefficient (Wildman–Crippen LogP) is 2.64. The third kappa shape index (κ3) is 5.87. The van der Waals surface area contributed by atoms with E-state index < -0.39 is 0 Å². The molecule has 1 saturated heterocycles. The average molecular weight is 332 g/mol. The van der Waals surface area contributed by atoms with Crippen LogP contribution in [0.5, 0.6) is 5.75 Å². The molecular formula is C19H28N2O3. The molecule has 0 aliphatic carbocycles. The number of benzene rings is 1. The Balaban J connectivity index is 1.64. The second kappa shape index (κ2) is 9.30. The Morgan fingerprint density at radius 3 is 2.96 bits per heavy atom. The highest BCUT2D eigenvalue weighted by Gasteiger charge is 2.21. The number of ether oxygens (including phenoxy) is 1. The van der Waals surface area contributed by atoms with Gasteiger partial charge in [-0.05, 0) is 63.1 Å². The maximum absolute atomic E-state index is 12.0. The highest BCUT2D eigenvalue weighted by molar-refractivity contribution is 5.87. The third-order valence-electron chi connectivity index (χ3n) is 4.27. The molecule has 1 aliphatic heterocycles. The first-order valence-electron chi connectivity index (χ1n) is 8.83. The Morgan fingerprint density at radius 2 is 2.12 bits per heavy atom. The molecule has 0 aromatic heterocycles. The van der Waals surface area contributed by atoms with Crippen molar-refractivity contribution in [2.24, 2.45) is 0 Å². The molecule has 2 N–H and O–H groups in total. The third-order valence-corrected chi connectivity index (χ3v) is 4.27. The van der Waals surface area contributed by atoms with E-state index in [1.54, 1.807) is 0 Å². The van der Waals surface area contributed by atoms with E-state index in [0.29, 0.717) is 19.6 Å². The fraction of sp³-hybridized carbons (Fsp3) is 0.579. The van der Waals surface area contributed by atoms with Crippen molar-refractivity contribution in [2.45, 2.75) is 58.4 Å². The van der Waals surface area contributed by atoms with Crippen LogP contribution in [0.4, 0.5) is 0 Å². The number of amides is 2. The Morgan fingerprint density at radius 1 is 1.29 bits per heavy atom. The van der Waals surface area contributed by atoms with Crippen molar-refractivity contribution >= 4 is 11.8 Å². The molecule has 2 rings (SSSR count). The normalized spacial score (nSPS) is 17.8. The predicted molar refractivity (Wildman–Crippen MR) is 94.1 cm³/mol. The molecule has 0 saturated carbocycles. The number of rotatable bonds is 7. The second-order valence-electron chi connectivity index (χ2n) is 6.48. The molecule has 0 radical (unpaired) electrons. The Hall–Kier alpha value is -2.04. The van der Waals surface area contributed by atoms with Gasteiger partial charge in [0.05, 0.1) is 6.61 Å². The summed E-state index contributed by atoms with van der Waals surface area (Å²) in [6.07, 6.45) is 4.68. The summed E-state index contributed by atoms with van der Waals surface area (Å²) < 4.78 is 5.79. The fourth-order valence-corrected chi connectivity index (χ4v) is 2.78. The van der Waals surface area contributed by atoms with Gasteiger partial charge in [-0.25, -0.2) is 0 Å². The first-order chi connectivity index (χ1) is 11.6. The van der Waals surface area contributed by atoms with Crippen molar-refractivity contribution in [3.8, 4) is 5.75 Å². The summed E-state index contributed by atoms with van der Waals surface area (Å²) in [5.74, 6) is 0.803. The molecule has 24 heavy (non-hydrogen) atoms. The van der Waals surface area contributed by atoms with E-state index in [-0.39, 0.29) is 17.9 Å². The number of carbonyl (C=O) groups is 2. The van der Waals surface area contributed by atoms with Crippen LogP contribution >= 0.6 is 0 Å². The molecular weight excluding hydrogens is 304 g/mol. The van der Waals surface area contributed by atoms with Gasteiger partial charge in [0, 0.05) is 13.0 Å². The van der Waals surface area contributed by atoms with Gasteiger partial charge in [-0.3, -0.25) is 9.59 Å². The maximum Gasteiger partial charge on any atom is 0.242 e. The topological polar surface area (TPSA) is 67.4 Å². The molecule has 1 aliphatic rings. The van der Waals surface area contributed by atoms with Crippen molar-refractivity contribution in [2.75, 3.05) is 13.2 Å². The number of hydrogen-bond donors (Lipinski definition) is 2. The largest absolute Gasteiger partial charge is 0.493 e. The van der Waals surface area contributed by atoms with Gasteiger partial charge < -0.3 is 15.4 Å². The summed E-state index contributed by atoms with van der Waals surface area (Å²) in [4.78, 5) is 23.8. The molecule has 1 atom stereocenters. The highest BCUT2D eigenvalue weighted by Crippen LogP contribution is 2.19. The number of hydrogen-bond acceptors (Lipinski definition) is 3. The molecule has 5 heteroatoms. The van der Waals surface area contributed by atoms with Gasteiger partial charge in [-0.2, -0.15) is 0 Å². The van der Waals surface area contributed by atoms with Gasteiger partial charge >= 0.3 is 0 Å². The zero-order valence-electron chi connectivity index (χ0n) is 14.7. The molecule has 0 unspecified atom stereocenters. The zero-order valence-corrected chi connectivity index (χ0v) is 14.7. The van der Waals surface area contributed by atoms with Crippen molar-refractivity contribution in [3.05, 3.63) is 29.3 Å². The van der Waals surface area contributed by atoms with E-state index in [4.69, 9.17) is 4.74 Å². The lowest BCUT2D eigenvalue weighted by molar-refractivity contribution is -0.128. The Labute approximate surface area is 144 Å². The van der Waals surface area contributed by atoms with Gasteiger partial charge in [0.1, 0.15) is 11.8 Å². The SMILES string of the molecule is Cc1ccc(C)c(OCCCCC(=O)N[C@H]2CCCCNC2=O)c1. The summed E-state index contributed by atoms with van der Waals surface area (Å²) >= 11 is 0. The first kappa shape index (κ1) is 18.3. The van der Waals surface area contributed by atoms with Crippen LogP contribution in [-0.2, 0) is 9.59 Å². The smallest absolute Gasteiger partial charge is 0.242 e. The lowest BCUT2D eigenvalue weighted by Crippen LogP contribution is -2.45. The molecule has 2 amide bonds. The van der Waals surface area contributed by atoms with Crippen molar-refractivity contribution in [1.82, 2.24) is 10.6 Å².